The van der Waals surface area contributed by atoms with Crippen molar-refractivity contribution in [1.29, 1.82) is 0 Å². The Labute approximate surface area is 113 Å². The van der Waals surface area contributed by atoms with E-state index < -0.39 is 0 Å². The van der Waals surface area contributed by atoms with Gasteiger partial charge in [-0.25, -0.2) is 0 Å². The molecule has 1 rings (SSSR count). The van der Waals surface area contributed by atoms with E-state index in [1.807, 2.05) is 6.07 Å². The van der Waals surface area contributed by atoms with Crippen LogP contribution < -0.4 is 4.74 Å². The third-order valence-electron chi connectivity index (χ3n) is 2.57. The lowest BCUT2D eigenvalue weighted by molar-refractivity contribution is -0.142. The molecule has 0 radical (unpaired) electrons. The van der Waals surface area contributed by atoms with Crippen molar-refractivity contribution in [2.75, 3.05) is 7.11 Å². The van der Waals surface area contributed by atoms with Gasteiger partial charge in [0.25, 0.3) is 0 Å². The Morgan fingerprint density at radius 3 is 2.39 bits per heavy atom. The molecular weight excluding hydrogens is 252 g/mol. The Morgan fingerprint density at radius 1 is 1.33 bits per heavy atom. The van der Waals surface area contributed by atoms with Gasteiger partial charge in [0.15, 0.2) is 0 Å². The second-order valence-corrected chi connectivity index (χ2v) is 5.61. The van der Waals surface area contributed by atoms with Gasteiger partial charge in [-0.1, -0.05) is 32.4 Å². The fraction of sp³-hybridized carbons (Fsp3) is 0.500. The van der Waals surface area contributed by atoms with Gasteiger partial charge in [-0.05, 0) is 17.5 Å². The summed E-state index contributed by atoms with van der Waals surface area (Å²) in [6.07, 6.45) is 0. The molecule has 0 atom stereocenters. The van der Waals surface area contributed by atoms with E-state index in [0.29, 0.717) is 5.02 Å². The first kappa shape index (κ1) is 14.8. The van der Waals surface area contributed by atoms with Crippen LogP contribution in [-0.4, -0.2) is 13.1 Å². The zero-order valence-corrected chi connectivity index (χ0v) is 12.2. The summed E-state index contributed by atoms with van der Waals surface area (Å²) in [5.41, 5.74) is 1.69. The van der Waals surface area contributed by atoms with Gasteiger partial charge in [0.1, 0.15) is 12.4 Å². The lowest BCUT2D eigenvalue weighted by Gasteiger charge is -2.24. The predicted molar refractivity (Wildman–Crippen MR) is 72.2 cm³/mol. The van der Waals surface area contributed by atoms with E-state index in [1.54, 1.807) is 13.2 Å². The molecule has 0 aliphatic heterocycles. The quantitative estimate of drug-likeness (QED) is 0.786. The number of halogens is 1. The minimum Gasteiger partial charge on any atom is -0.496 e. The highest BCUT2D eigenvalue weighted by Crippen LogP contribution is 2.36. The van der Waals surface area contributed by atoms with Crippen molar-refractivity contribution in [3.05, 3.63) is 28.3 Å². The molecule has 0 aliphatic rings. The molecule has 0 heterocycles. The fourth-order valence-electron chi connectivity index (χ4n) is 1.73. The molecular formula is C14H19ClO3. The normalized spacial score (nSPS) is 11.2. The van der Waals surface area contributed by atoms with Gasteiger partial charge >= 0.3 is 5.97 Å². The number of carbonyl (C=O) groups is 1. The van der Waals surface area contributed by atoms with Crippen molar-refractivity contribution in [3.63, 3.8) is 0 Å². The standard InChI is InChI=1S/C14H19ClO3/c1-9(16)18-8-10-6-11(15)7-12(13(10)17-5)14(2,3)4/h6-7H,8H2,1-5H3. The molecule has 0 N–H and O–H groups in total. The molecule has 0 saturated heterocycles. The van der Waals surface area contributed by atoms with E-state index >= 15 is 0 Å². The Bertz CT molecular complexity index is 447. The van der Waals surface area contributed by atoms with Gasteiger partial charge in [-0.3, -0.25) is 4.79 Å². The van der Waals surface area contributed by atoms with E-state index in [0.717, 1.165) is 16.9 Å². The van der Waals surface area contributed by atoms with Crippen LogP contribution in [0.5, 0.6) is 5.75 Å². The van der Waals surface area contributed by atoms with Crippen LogP contribution in [0.1, 0.15) is 38.8 Å². The Balaban J connectivity index is 3.24. The van der Waals surface area contributed by atoms with Gasteiger partial charge in [-0.2, -0.15) is 0 Å². The highest BCUT2D eigenvalue weighted by atomic mass is 35.5. The Hall–Kier alpha value is -1.22. The Kier molecular flexibility index (Phi) is 4.63. The maximum Gasteiger partial charge on any atom is 0.302 e. The molecule has 0 saturated carbocycles. The summed E-state index contributed by atoms with van der Waals surface area (Å²) >= 11 is 6.10. The molecule has 0 aromatic heterocycles. The molecule has 0 spiro atoms. The van der Waals surface area contributed by atoms with Crippen molar-refractivity contribution in [2.45, 2.75) is 39.7 Å². The summed E-state index contributed by atoms with van der Waals surface area (Å²) in [5, 5.41) is 0.614. The molecule has 0 aliphatic carbocycles. The van der Waals surface area contributed by atoms with Gasteiger partial charge < -0.3 is 9.47 Å². The summed E-state index contributed by atoms with van der Waals surface area (Å²) in [4.78, 5) is 10.9. The van der Waals surface area contributed by atoms with Crippen LogP contribution in [0.4, 0.5) is 0 Å². The van der Waals surface area contributed by atoms with Crippen LogP contribution in [-0.2, 0) is 21.6 Å². The van der Waals surface area contributed by atoms with Crippen LogP contribution in [0, 0.1) is 0 Å². The largest absolute Gasteiger partial charge is 0.496 e. The number of methoxy groups -OCH3 is 1. The maximum absolute atomic E-state index is 10.9. The Morgan fingerprint density at radius 2 is 1.94 bits per heavy atom. The van der Waals surface area contributed by atoms with Crippen molar-refractivity contribution >= 4 is 17.6 Å². The second kappa shape index (κ2) is 5.61. The first-order valence-corrected chi connectivity index (χ1v) is 6.13. The number of esters is 1. The lowest BCUT2D eigenvalue weighted by atomic mass is 9.85. The molecule has 0 fully saturated rings. The van der Waals surface area contributed by atoms with E-state index in [1.165, 1.54) is 6.92 Å². The highest BCUT2D eigenvalue weighted by Gasteiger charge is 2.22. The maximum atomic E-state index is 10.9. The summed E-state index contributed by atoms with van der Waals surface area (Å²) in [6.45, 7) is 7.79. The van der Waals surface area contributed by atoms with Crippen LogP contribution in [0.2, 0.25) is 5.02 Å². The number of rotatable bonds is 3. The summed E-state index contributed by atoms with van der Waals surface area (Å²) in [5.74, 6) is 0.405. The molecule has 0 unspecified atom stereocenters. The average molecular weight is 271 g/mol. The predicted octanol–water partition coefficient (Wildman–Crippen LogP) is 3.71. The number of hydrogen-bond acceptors (Lipinski definition) is 3. The van der Waals surface area contributed by atoms with E-state index in [9.17, 15) is 4.79 Å². The molecule has 0 amide bonds. The second-order valence-electron chi connectivity index (χ2n) is 5.18. The van der Waals surface area contributed by atoms with Crippen molar-refractivity contribution in [3.8, 4) is 5.75 Å². The minimum absolute atomic E-state index is 0.0960. The lowest BCUT2D eigenvalue weighted by Crippen LogP contribution is -2.14. The summed E-state index contributed by atoms with van der Waals surface area (Å²) in [7, 11) is 1.61. The van der Waals surface area contributed by atoms with E-state index in [2.05, 4.69) is 20.8 Å². The molecule has 18 heavy (non-hydrogen) atoms. The molecule has 1 aromatic rings. The van der Waals surface area contributed by atoms with Gasteiger partial charge in [0.05, 0.1) is 7.11 Å². The zero-order valence-electron chi connectivity index (χ0n) is 11.5. The minimum atomic E-state index is -0.325. The topological polar surface area (TPSA) is 35.5 Å². The molecule has 3 nitrogen and oxygen atoms in total. The van der Waals surface area contributed by atoms with E-state index in [-0.39, 0.29) is 18.0 Å². The van der Waals surface area contributed by atoms with Crippen LogP contribution >= 0.6 is 11.6 Å². The molecule has 1 aromatic carbocycles. The molecule has 0 bridgehead atoms. The molecule has 100 valence electrons. The van der Waals surface area contributed by atoms with Crippen LogP contribution in [0.3, 0.4) is 0 Å². The first-order valence-electron chi connectivity index (χ1n) is 5.76. The number of benzene rings is 1. The number of ether oxygens (including phenoxy) is 2. The third-order valence-corrected chi connectivity index (χ3v) is 2.79. The smallest absolute Gasteiger partial charge is 0.302 e. The summed E-state index contributed by atoms with van der Waals surface area (Å²) in [6, 6.07) is 3.65. The average Bonchev–Trinajstić information content (AvgIpc) is 2.24. The SMILES string of the molecule is COc1c(COC(C)=O)cc(Cl)cc1C(C)(C)C. The van der Waals surface area contributed by atoms with Crippen molar-refractivity contribution in [1.82, 2.24) is 0 Å². The van der Waals surface area contributed by atoms with Gasteiger partial charge in [0.2, 0.25) is 0 Å². The first-order chi connectivity index (χ1) is 8.25. The van der Waals surface area contributed by atoms with Crippen molar-refractivity contribution < 1.29 is 14.3 Å². The monoisotopic (exact) mass is 270 g/mol. The zero-order chi connectivity index (χ0) is 13.9. The molecule has 4 heteroatoms. The van der Waals surface area contributed by atoms with E-state index in [4.69, 9.17) is 21.1 Å². The van der Waals surface area contributed by atoms with Crippen LogP contribution in [0.15, 0.2) is 12.1 Å². The fourth-order valence-corrected chi connectivity index (χ4v) is 1.98. The number of hydrogen-bond donors (Lipinski definition) is 0. The van der Waals surface area contributed by atoms with Gasteiger partial charge in [0, 0.05) is 23.1 Å². The highest BCUT2D eigenvalue weighted by molar-refractivity contribution is 6.30. The van der Waals surface area contributed by atoms with Crippen molar-refractivity contribution in [2.24, 2.45) is 0 Å². The van der Waals surface area contributed by atoms with Crippen LogP contribution in [0.25, 0.3) is 0 Å². The number of carbonyl (C=O) groups excluding carboxylic acids is 1. The third kappa shape index (κ3) is 3.64. The summed E-state index contributed by atoms with van der Waals surface area (Å²) < 4.78 is 10.5. The van der Waals surface area contributed by atoms with Gasteiger partial charge in [-0.15, -0.1) is 0 Å².